The Labute approximate surface area is 110 Å². The molecule has 1 heterocycles. The van der Waals surface area contributed by atoms with E-state index in [0.717, 1.165) is 23.7 Å². The van der Waals surface area contributed by atoms with Gasteiger partial charge in [-0.2, -0.15) is 8.76 Å². The fraction of sp³-hybridized carbons (Fsp3) is 0.100. The van der Waals surface area contributed by atoms with Crippen molar-refractivity contribution >= 4 is 28.3 Å². The Hall–Kier alpha value is -2.42. The molecule has 0 aliphatic carbocycles. The van der Waals surface area contributed by atoms with Crippen LogP contribution in [0.15, 0.2) is 18.2 Å². The first-order chi connectivity index (χ1) is 8.97. The molecule has 2 rings (SSSR count). The molecule has 0 bridgehead atoms. The van der Waals surface area contributed by atoms with E-state index in [4.69, 9.17) is 0 Å². The Morgan fingerprint density at radius 2 is 2.26 bits per heavy atom. The van der Waals surface area contributed by atoms with Gasteiger partial charge >= 0.3 is 5.69 Å². The number of nitro groups is 1. The average molecular weight is 282 g/mol. The number of halogens is 1. The number of aryl methyl sites for hydroxylation is 1. The summed E-state index contributed by atoms with van der Waals surface area (Å²) < 4.78 is 17.2. The molecule has 0 radical (unpaired) electrons. The van der Waals surface area contributed by atoms with E-state index in [9.17, 15) is 19.3 Å². The number of benzene rings is 1. The van der Waals surface area contributed by atoms with Gasteiger partial charge < -0.3 is 0 Å². The van der Waals surface area contributed by atoms with Gasteiger partial charge in [-0.05, 0) is 19.1 Å². The van der Waals surface area contributed by atoms with Gasteiger partial charge in [0.15, 0.2) is 0 Å². The van der Waals surface area contributed by atoms with E-state index in [1.807, 2.05) is 0 Å². The van der Waals surface area contributed by atoms with Gasteiger partial charge in [0, 0.05) is 23.2 Å². The maximum Gasteiger partial charge on any atom is 0.304 e. The Kier molecular flexibility index (Phi) is 3.47. The Morgan fingerprint density at radius 3 is 2.79 bits per heavy atom. The number of rotatable bonds is 3. The fourth-order valence-electron chi connectivity index (χ4n) is 1.31. The molecule has 0 aliphatic rings. The Morgan fingerprint density at radius 1 is 1.53 bits per heavy atom. The summed E-state index contributed by atoms with van der Waals surface area (Å²) in [6, 6.07) is 2.92. The van der Waals surface area contributed by atoms with Gasteiger partial charge in [-0.25, -0.2) is 4.98 Å². The summed E-state index contributed by atoms with van der Waals surface area (Å²) in [5.41, 5.74) is -0.709. The SMILES string of the molecule is Cc1nsc(NC(=O)c2ccc([N+](=O)[O-])c(F)c2)n1. The highest BCUT2D eigenvalue weighted by molar-refractivity contribution is 7.09. The van der Waals surface area contributed by atoms with Crippen LogP contribution in [0.5, 0.6) is 0 Å². The first-order valence-electron chi connectivity index (χ1n) is 5.03. The molecule has 19 heavy (non-hydrogen) atoms. The van der Waals surface area contributed by atoms with Crippen LogP contribution in [0.25, 0.3) is 0 Å². The molecule has 9 heteroatoms. The predicted octanol–water partition coefficient (Wildman–Crippen LogP) is 2.15. The number of hydrogen-bond donors (Lipinski definition) is 1. The first-order valence-corrected chi connectivity index (χ1v) is 5.80. The summed E-state index contributed by atoms with van der Waals surface area (Å²) in [6.45, 7) is 1.66. The third kappa shape index (κ3) is 2.88. The standard InChI is InChI=1S/C10H7FN4O3S/c1-5-12-10(19-14-5)13-9(16)6-2-3-8(15(17)18)7(11)4-6/h2-4H,1H3,(H,12,13,14,16). The maximum absolute atomic E-state index is 13.4. The minimum absolute atomic E-state index is 0.0315. The van der Waals surface area contributed by atoms with Crippen molar-refractivity contribution in [3.8, 4) is 0 Å². The normalized spacial score (nSPS) is 10.2. The lowest BCUT2D eigenvalue weighted by atomic mass is 10.2. The highest BCUT2D eigenvalue weighted by Crippen LogP contribution is 2.19. The number of carbonyl (C=O) groups is 1. The van der Waals surface area contributed by atoms with Crippen molar-refractivity contribution in [2.75, 3.05) is 5.32 Å². The van der Waals surface area contributed by atoms with Gasteiger partial charge in [0.1, 0.15) is 5.82 Å². The Balaban J connectivity index is 2.20. The van der Waals surface area contributed by atoms with E-state index in [1.165, 1.54) is 6.07 Å². The second-order valence-corrected chi connectivity index (χ2v) is 4.28. The number of nitro benzene ring substituents is 1. The predicted molar refractivity (Wildman–Crippen MR) is 65.7 cm³/mol. The monoisotopic (exact) mass is 282 g/mol. The molecular formula is C10H7FN4O3S. The van der Waals surface area contributed by atoms with Crippen molar-refractivity contribution in [1.82, 2.24) is 9.36 Å². The summed E-state index contributed by atoms with van der Waals surface area (Å²) in [5.74, 6) is -1.16. The van der Waals surface area contributed by atoms with Gasteiger partial charge in [0.25, 0.3) is 5.91 Å². The van der Waals surface area contributed by atoms with Gasteiger partial charge in [0.05, 0.1) is 4.92 Å². The minimum Gasteiger partial charge on any atom is -0.297 e. The van der Waals surface area contributed by atoms with Crippen molar-refractivity contribution < 1.29 is 14.1 Å². The summed E-state index contributed by atoms with van der Waals surface area (Å²) >= 11 is 0.990. The van der Waals surface area contributed by atoms with Crippen LogP contribution in [0.2, 0.25) is 0 Å². The zero-order valence-electron chi connectivity index (χ0n) is 9.58. The molecule has 1 aromatic heterocycles. The van der Waals surface area contributed by atoms with E-state index in [2.05, 4.69) is 14.7 Å². The second kappa shape index (κ2) is 5.06. The van der Waals surface area contributed by atoms with Crippen LogP contribution < -0.4 is 5.32 Å². The molecule has 1 amide bonds. The zero-order chi connectivity index (χ0) is 14.0. The number of nitrogens with zero attached hydrogens (tertiary/aromatic N) is 3. The van der Waals surface area contributed by atoms with Crippen LogP contribution >= 0.6 is 11.5 Å². The second-order valence-electron chi connectivity index (χ2n) is 3.52. The first kappa shape index (κ1) is 13.0. The van der Waals surface area contributed by atoms with Crippen LogP contribution in [0, 0.1) is 22.9 Å². The molecule has 0 atom stereocenters. The highest BCUT2D eigenvalue weighted by Gasteiger charge is 2.17. The Bertz CT molecular complexity index is 658. The molecule has 0 aliphatic heterocycles. The van der Waals surface area contributed by atoms with Gasteiger partial charge in [0.2, 0.25) is 10.9 Å². The van der Waals surface area contributed by atoms with Gasteiger partial charge in [-0.1, -0.05) is 0 Å². The average Bonchev–Trinajstić information content (AvgIpc) is 2.74. The van der Waals surface area contributed by atoms with Gasteiger partial charge in [-0.3, -0.25) is 20.2 Å². The van der Waals surface area contributed by atoms with Crippen molar-refractivity contribution in [2.24, 2.45) is 0 Å². The lowest BCUT2D eigenvalue weighted by molar-refractivity contribution is -0.387. The summed E-state index contributed by atoms with van der Waals surface area (Å²) in [4.78, 5) is 25.3. The molecule has 0 spiro atoms. The van der Waals surface area contributed by atoms with Crippen molar-refractivity contribution in [3.05, 3.63) is 45.5 Å². The summed E-state index contributed by atoms with van der Waals surface area (Å²) in [6.07, 6.45) is 0. The number of anilines is 1. The molecule has 1 aromatic carbocycles. The van der Waals surface area contributed by atoms with Crippen molar-refractivity contribution in [3.63, 3.8) is 0 Å². The number of carbonyl (C=O) groups excluding carboxylic acids is 1. The van der Waals surface area contributed by atoms with E-state index in [-0.39, 0.29) is 10.7 Å². The van der Waals surface area contributed by atoms with E-state index < -0.39 is 22.3 Å². The number of aromatic nitrogens is 2. The van der Waals surface area contributed by atoms with Crippen LogP contribution in [0.1, 0.15) is 16.2 Å². The number of nitrogens with one attached hydrogen (secondary N) is 1. The van der Waals surface area contributed by atoms with E-state index >= 15 is 0 Å². The van der Waals surface area contributed by atoms with Crippen molar-refractivity contribution in [1.29, 1.82) is 0 Å². The third-order valence-electron chi connectivity index (χ3n) is 2.15. The van der Waals surface area contributed by atoms with E-state index in [1.54, 1.807) is 6.92 Å². The van der Waals surface area contributed by atoms with Crippen molar-refractivity contribution in [2.45, 2.75) is 6.92 Å². The molecule has 98 valence electrons. The number of hydrogen-bond acceptors (Lipinski definition) is 6. The fourth-order valence-corrected chi connectivity index (χ4v) is 1.88. The smallest absolute Gasteiger partial charge is 0.297 e. The highest BCUT2D eigenvalue weighted by atomic mass is 32.1. The van der Waals surface area contributed by atoms with Gasteiger partial charge in [-0.15, -0.1) is 0 Å². The number of amides is 1. The minimum atomic E-state index is -1.06. The summed E-state index contributed by atoms with van der Waals surface area (Å²) in [5, 5.41) is 13.1. The molecule has 0 saturated carbocycles. The van der Waals surface area contributed by atoms with Crippen LogP contribution in [0.4, 0.5) is 15.2 Å². The molecule has 1 N–H and O–H groups in total. The third-order valence-corrected chi connectivity index (χ3v) is 2.88. The zero-order valence-corrected chi connectivity index (χ0v) is 10.4. The quantitative estimate of drug-likeness (QED) is 0.687. The summed E-state index contributed by atoms with van der Waals surface area (Å²) in [7, 11) is 0. The van der Waals surface area contributed by atoms with Crippen LogP contribution in [-0.2, 0) is 0 Å². The largest absolute Gasteiger partial charge is 0.304 e. The lowest BCUT2D eigenvalue weighted by Crippen LogP contribution is -2.12. The van der Waals surface area contributed by atoms with Crippen LogP contribution in [0.3, 0.4) is 0 Å². The lowest BCUT2D eigenvalue weighted by Gasteiger charge is -2.01. The van der Waals surface area contributed by atoms with Crippen LogP contribution in [-0.4, -0.2) is 20.2 Å². The maximum atomic E-state index is 13.4. The molecule has 2 aromatic rings. The molecular weight excluding hydrogens is 275 g/mol. The molecule has 0 fully saturated rings. The molecule has 0 unspecified atom stereocenters. The van der Waals surface area contributed by atoms with E-state index in [0.29, 0.717) is 5.82 Å². The molecule has 7 nitrogen and oxygen atoms in total. The topological polar surface area (TPSA) is 98.0 Å². The molecule has 0 saturated heterocycles.